The normalized spacial score (nSPS) is 33.7. The van der Waals surface area contributed by atoms with Crippen molar-refractivity contribution in [2.75, 3.05) is 13.7 Å². The number of ether oxygens (including phenoxy) is 10. The Morgan fingerprint density at radius 2 is 1.52 bits per heavy atom. The van der Waals surface area contributed by atoms with Gasteiger partial charge in [-0.2, -0.15) is 0 Å². The van der Waals surface area contributed by atoms with Crippen LogP contribution in [0.3, 0.4) is 0 Å². The molecule has 0 radical (unpaired) electrons. The minimum atomic E-state index is -1.40. The molecular formula is C41H64O13. The molecule has 4 saturated heterocycles. The molecule has 13 heteroatoms. The van der Waals surface area contributed by atoms with E-state index in [9.17, 15) is 14.7 Å². The van der Waals surface area contributed by atoms with Crippen molar-refractivity contribution in [1.29, 1.82) is 0 Å². The molecule has 0 aliphatic carbocycles. The Morgan fingerprint density at radius 3 is 2.20 bits per heavy atom. The fourth-order valence-electron chi connectivity index (χ4n) is 7.86. The molecule has 0 aromatic heterocycles. The lowest BCUT2D eigenvalue weighted by Crippen LogP contribution is -2.66. The van der Waals surface area contributed by atoms with E-state index in [2.05, 4.69) is 6.92 Å². The van der Waals surface area contributed by atoms with Crippen LogP contribution in [0.15, 0.2) is 30.3 Å². The van der Waals surface area contributed by atoms with Gasteiger partial charge in [-0.15, -0.1) is 0 Å². The van der Waals surface area contributed by atoms with Crippen LogP contribution in [0.5, 0.6) is 0 Å². The zero-order valence-corrected chi connectivity index (χ0v) is 33.1. The van der Waals surface area contributed by atoms with Crippen LogP contribution >= 0.6 is 0 Å². The Hall–Kier alpha value is -2.20. The van der Waals surface area contributed by atoms with E-state index < -0.39 is 73.4 Å². The van der Waals surface area contributed by atoms with Gasteiger partial charge in [-0.3, -0.25) is 9.59 Å². The lowest BCUT2D eigenvalue weighted by atomic mass is 9.96. The molecule has 0 unspecified atom stereocenters. The molecule has 5 rings (SSSR count). The summed E-state index contributed by atoms with van der Waals surface area (Å²) >= 11 is 0. The molecule has 12 atom stereocenters. The number of aliphatic hydroxyl groups excluding tert-OH is 1. The van der Waals surface area contributed by atoms with Crippen LogP contribution in [0.25, 0.3) is 0 Å². The van der Waals surface area contributed by atoms with Gasteiger partial charge in [-0.1, -0.05) is 95.0 Å². The van der Waals surface area contributed by atoms with Crippen LogP contribution in [0.1, 0.15) is 130 Å². The Kier molecular flexibility index (Phi) is 16.5. The first-order valence-corrected chi connectivity index (χ1v) is 20.2. The third-order valence-electron chi connectivity index (χ3n) is 10.6. The molecule has 0 spiro atoms. The topological polar surface area (TPSA) is 147 Å². The standard InChI is InChI=1S/C41H64O13/c1-7-8-15-22-29(23-18-12-10-9-11-13-19-24-31(43)45-6)49-40-37(36-33(26(2)47-40)53-41(4,5)54-36)52-39-32(44)35(48-27(3)42)34-30(50-39)25-46-38(51-34)28-20-16-14-17-21-28/h14,16-17,20-21,26,29-30,32-40,44H,7-13,15,18-19,22-25H2,1-6H3/t26-,29+,30-,32-,33+,34-,35-,36+,37-,38-,39+,40+/m1/s1. The molecule has 0 amide bonds. The van der Waals surface area contributed by atoms with E-state index in [1.807, 2.05) is 51.1 Å². The Balaban J connectivity index is 1.26. The van der Waals surface area contributed by atoms with Crippen LogP contribution < -0.4 is 0 Å². The summed E-state index contributed by atoms with van der Waals surface area (Å²) in [5.41, 5.74) is 0.798. The first-order valence-electron chi connectivity index (χ1n) is 20.2. The van der Waals surface area contributed by atoms with Gasteiger partial charge in [-0.05, 0) is 40.0 Å². The predicted octanol–water partition coefficient (Wildman–Crippen LogP) is 6.42. The molecule has 306 valence electrons. The SMILES string of the molecule is CCCCC[C@@H](CCCCCCCCCC(=O)OC)O[C@@H]1O[C@H](C)[C@@H]2OC(C)(C)O[C@@H]2[C@H]1O[C@@H]1O[C@@H]2CO[C@@H](c3ccccc3)O[C@H]2[C@H](OC(C)=O)[C@H]1O. The van der Waals surface area contributed by atoms with Crippen LogP contribution in [0.2, 0.25) is 0 Å². The van der Waals surface area contributed by atoms with Crippen molar-refractivity contribution in [3.8, 4) is 0 Å². The van der Waals surface area contributed by atoms with Gasteiger partial charge in [0.25, 0.3) is 0 Å². The zero-order valence-electron chi connectivity index (χ0n) is 33.1. The van der Waals surface area contributed by atoms with Gasteiger partial charge in [0.1, 0.15) is 36.6 Å². The predicted molar refractivity (Wildman–Crippen MR) is 196 cm³/mol. The van der Waals surface area contributed by atoms with E-state index in [1.54, 1.807) is 0 Å². The lowest BCUT2D eigenvalue weighted by Gasteiger charge is -2.49. The average Bonchev–Trinajstić information content (AvgIpc) is 3.49. The molecule has 1 N–H and O–H groups in total. The second kappa shape index (κ2) is 20.8. The molecule has 0 bridgehead atoms. The van der Waals surface area contributed by atoms with Gasteiger partial charge >= 0.3 is 11.9 Å². The first kappa shape index (κ1) is 42.9. The molecule has 4 aliphatic heterocycles. The van der Waals surface area contributed by atoms with Gasteiger partial charge in [0, 0.05) is 18.9 Å². The van der Waals surface area contributed by atoms with Crippen molar-refractivity contribution >= 4 is 11.9 Å². The van der Waals surface area contributed by atoms with E-state index in [4.69, 9.17) is 47.4 Å². The van der Waals surface area contributed by atoms with E-state index in [-0.39, 0.29) is 24.8 Å². The smallest absolute Gasteiger partial charge is 0.305 e. The molecule has 54 heavy (non-hydrogen) atoms. The van der Waals surface area contributed by atoms with Gasteiger partial charge in [0.2, 0.25) is 0 Å². The number of rotatable bonds is 20. The number of unbranched alkanes of at least 4 members (excludes halogenated alkanes) is 8. The third-order valence-corrected chi connectivity index (χ3v) is 10.6. The summed E-state index contributed by atoms with van der Waals surface area (Å²) in [4.78, 5) is 23.7. The monoisotopic (exact) mass is 764 g/mol. The highest BCUT2D eigenvalue weighted by Gasteiger charge is 2.58. The highest BCUT2D eigenvalue weighted by atomic mass is 16.8. The lowest BCUT2D eigenvalue weighted by molar-refractivity contribution is -0.388. The number of methoxy groups -OCH3 is 1. The number of fused-ring (bicyclic) bond motifs is 2. The Labute approximate surface area is 320 Å². The third kappa shape index (κ3) is 11.9. The summed E-state index contributed by atoms with van der Waals surface area (Å²) in [6.07, 6.45) is 3.60. The minimum Gasteiger partial charge on any atom is -0.469 e. The number of hydrogen-bond donors (Lipinski definition) is 1. The van der Waals surface area contributed by atoms with Crippen molar-refractivity contribution < 1.29 is 62.1 Å². The molecule has 0 saturated carbocycles. The second-order valence-corrected chi connectivity index (χ2v) is 15.5. The van der Waals surface area contributed by atoms with E-state index >= 15 is 0 Å². The van der Waals surface area contributed by atoms with Crippen LogP contribution in [-0.4, -0.2) is 104 Å². The summed E-state index contributed by atoms with van der Waals surface area (Å²) < 4.78 is 61.9. The van der Waals surface area contributed by atoms with Crippen molar-refractivity contribution in [2.45, 2.75) is 198 Å². The minimum absolute atomic E-state index is 0.0859. The van der Waals surface area contributed by atoms with Crippen LogP contribution in [-0.2, 0) is 57.0 Å². The average molecular weight is 765 g/mol. The maximum atomic E-state index is 12.3. The molecule has 4 fully saturated rings. The van der Waals surface area contributed by atoms with E-state index in [1.165, 1.54) is 14.0 Å². The highest BCUT2D eigenvalue weighted by molar-refractivity contribution is 5.69. The maximum absolute atomic E-state index is 12.3. The quantitative estimate of drug-likeness (QED) is 0.115. The number of aliphatic hydroxyl groups is 1. The van der Waals surface area contributed by atoms with Crippen LogP contribution in [0.4, 0.5) is 0 Å². The number of esters is 2. The summed E-state index contributed by atoms with van der Waals surface area (Å²) in [5, 5.41) is 11.8. The van der Waals surface area contributed by atoms with E-state index in [0.717, 1.165) is 82.6 Å². The van der Waals surface area contributed by atoms with Crippen molar-refractivity contribution in [1.82, 2.24) is 0 Å². The molecule has 1 aromatic carbocycles. The molecule has 4 heterocycles. The summed E-state index contributed by atoms with van der Waals surface area (Å²) in [6, 6.07) is 9.44. The summed E-state index contributed by atoms with van der Waals surface area (Å²) in [5.74, 6) is -1.62. The number of benzene rings is 1. The Morgan fingerprint density at radius 1 is 0.852 bits per heavy atom. The molecule has 4 aliphatic rings. The van der Waals surface area contributed by atoms with Gasteiger partial charge < -0.3 is 52.5 Å². The number of carbonyl (C=O) groups is 2. The highest BCUT2D eigenvalue weighted by Crippen LogP contribution is 2.42. The molecule has 13 nitrogen and oxygen atoms in total. The zero-order chi connectivity index (χ0) is 38.7. The Bertz CT molecular complexity index is 1280. The van der Waals surface area contributed by atoms with Crippen molar-refractivity contribution in [3.05, 3.63) is 35.9 Å². The fraction of sp³-hybridized carbons (Fsp3) is 0.805. The van der Waals surface area contributed by atoms with E-state index in [0.29, 0.717) is 6.42 Å². The van der Waals surface area contributed by atoms with Gasteiger partial charge in [-0.25, -0.2) is 0 Å². The second-order valence-electron chi connectivity index (χ2n) is 15.5. The number of carbonyl (C=O) groups excluding carboxylic acids is 2. The largest absolute Gasteiger partial charge is 0.469 e. The van der Waals surface area contributed by atoms with Crippen molar-refractivity contribution in [3.63, 3.8) is 0 Å². The summed E-state index contributed by atoms with van der Waals surface area (Å²) in [6.45, 7) is 9.25. The van der Waals surface area contributed by atoms with Crippen LogP contribution in [0, 0.1) is 0 Å². The van der Waals surface area contributed by atoms with Gasteiger partial charge in [0.15, 0.2) is 30.8 Å². The molecular weight excluding hydrogens is 700 g/mol. The fourth-order valence-corrected chi connectivity index (χ4v) is 7.86. The molecule has 1 aromatic rings. The number of hydrogen-bond acceptors (Lipinski definition) is 13. The maximum Gasteiger partial charge on any atom is 0.305 e. The van der Waals surface area contributed by atoms with Gasteiger partial charge in [0.05, 0.1) is 25.9 Å². The first-order chi connectivity index (χ1) is 26.0. The summed E-state index contributed by atoms with van der Waals surface area (Å²) in [7, 11) is 1.43. The van der Waals surface area contributed by atoms with Crippen molar-refractivity contribution in [2.24, 2.45) is 0 Å².